The first-order chi connectivity index (χ1) is 5.00. The van der Waals surface area contributed by atoms with Gasteiger partial charge in [0.1, 0.15) is 15.9 Å². The molecule has 1 aromatic rings. The van der Waals surface area contributed by atoms with Gasteiger partial charge in [-0.15, -0.1) is 0 Å². The number of rotatable bonds is 1. The maximum atomic E-state index is 10.3. The van der Waals surface area contributed by atoms with Crippen molar-refractivity contribution in [2.24, 2.45) is 0 Å². The Morgan fingerprint density at radius 2 is 1.54 bits per heavy atom. The fourth-order valence-corrected chi connectivity index (χ4v) is 1.08. The summed E-state index contributed by atoms with van der Waals surface area (Å²) in [6.07, 6.45) is 0. The van der Waals surface area contributed by atoms with E-state index in [1.165, 1.54) is 0 Å². The van der Waals surface area contributed by atoms with Crippen molar-refractivity contribution >= 4 is 10.1 Å². The number of phenols is 1. The average molecular weight is 214 g/mol. The van der Waals surface area contributed by atoms with Crippen molar-refractivity contribution in [3.05, 3.63) is 24.3 Å². The molecule has 0 unspecified atom stereocenters. The Morgan fingerprint density at radius 1 is 1.15 bits per heavy atom. The molecule has 7 heteroatoms. The molecule has 1 rings (SSSR count). The molecule has 0 bridgehead atoms. The molecule has 3 N–H and O–H groups in total. The Morgan fingerprint density at radius 3 is 1.85 bits per heavy atom. The van der Waals surface area contributed by atoms with Crippen LogP contribution in [0.5, 0.6) is 5.75 Å². The van der Waals surface area contributed by atoms with Crippen LogP contribution < -0.4 is 29.6 Å². The Labute approximate surface area is 97.7 Å². The Balaban J connectivity index is 0. The van der Waals surface area contributed by atoms with E-state index in [0.29, 0.717) is 0 Å². The fraction of sp³-hybridized carbons (Fsp3) is 0. The van der Waals surface area contributed by atoms with Gasteiger partial charge in [0.2, 0.25) is 0 Å². The molecular weight excluding hydrogens is 207 g/mol. The predicted octanol–water partition coefficient (Wildman–Crippen LogP) is -3.52. The van der Waals surface area contributed by atoms with Crippen LogP contribution in [-0.4, -0.2) is 23.6 Å². The van der Waals surface area contributed by atoms with Gasteiger partial charge in [-0.1, -0.05) is 0 Å². The van der Waals surface area contributed by atoms with Crippen LogP contribution in [0.3, 0.4) is 0 Å². The molecule has 5 nitrogen and oxygen atoms in total. The molecule has 0 saturated heterocycles. The molecule has 13 heavy (non-hydrogen) atoms. The predicted molar refractivity (Wildman–Crippen MR) is 39.7 cm³/mol. The Kier molecular flexibility index (Phi) is 6.60. The molecule has 0 spiro atoms. The van der Waals surface area contributed by atoms with Gasteiger partial charge in [-0.25, -0.2) is 8.42 Å². The van der Waals surface area contributed by atoms with E-state index in [1.807, 2.05) is 0 Å². The largest absolute Gasteiger partial charge is 1.00 e. The first-order valence-electron chi connectivity index (χ1n) is 2.75. The van der Waals surface area contributed by atoms with Crippen LogP contribution in [0.2, 0.25) is 0 Å². The Bertz CT molecular complexity index is 344. The third-order valence-electron chi connectivity index (χ3n) is 1.13. The van der Waals surface area contributed by atoms with Crippen molar-refractivity contribution < 1.29 is 53.1 Å². The second-order valence-electron chi connectivity index (χ2n) is 1.95. The van der Waals surface area contributed by atoms with Gasteiger partial charge in [0, 0.05) is 0 Å². The number of hydrogen-bond donors (Lipinski definition) is 1. The summed E-state index contributed by atoms with van der Waals surface area (Å²) in [6.45, 7) is 0. The van der Waals surface area contributed by atoms with Crippen LogP contribution in [0, 0.1) is 0 Å². The molecule has 68 valence electrons. The van der Waals surface area contributed by atoms with E-state index in [9.17, 15) is 13.0 Å². The zero-order chi connectivity index (χ0) is 8.48. The van der Waals surface area contributed by atoms with E-state index < -0.39 is 10.1 Å². The topological polar surface area (TPSA) is 109 Å². The smallest absolute Gasteiger partial charge is 0.744 e. The van der Waals surface area contributed by atoms with E-state index >= 15 is 0 Å². The minimum Gasteiger partial charge on any atom is -0.744 e. The van der Waals surface area contributed by atoms with Crippen LogP contribution in [-0.2, 0) is 10.1 Å². The van der Waals surface area contributed by atoms with E-state index in [4.69, 9.17) is 5.11 Å². The van der Waals surface area contributed by atoms with Crippen molar-refractivity contribution in [1.82, 2.24) is 0 Å². The van der Waals surface area contributed by atoms with Crippen molar-refractivity contribution in [2.45, 2.75) is 4.90 Å². The quantitative estimate of drug-likeness (QED) is 0.386. The number of benzene rings is 1. The van der Waals surface area contributed by atoms with Gasteiger partial charge in [-0.2, -0.15) is 0 Å². The molecule has 1 aromatic carbocycles. The van der Waals surface area contributed by atoms with Crippen molar-refractivity contribution in [1.29, 1.82) is 0 Å². The first kappa shape index (κ1) is 15.4. The molecule has 0 fully saturated rings. The minimum absolute atomic E-state index is 0. The van der Waals surface area contributed by atoms with Crippen LogP contribution in [0.25, 0.3) is 0 Å². The summed E-state index contributed by atoms with van der Waals surface area (Å²) < 4.78 is 30.9. The van der Waals surface area contributed by atoms with E-state index in [0.717, 1.165) is 24.3 Å². The van der Waals surface area contributed by atoms with Crippen molar-refractivity contribution in [3.63, 3.8) is 0 Å². The van der Waals surface area contributed by atoms with Crippen LogP contribution in [0.15, 0.2) is 29.2 Å². The second kappa shape index (κ2) is 5.58. The molecule has 0 aliphatic carbocycles. The van der Waals surface area contributed by atoms with Gasteiger partial charge in [0.25, 0.3) is 0 Å². The zero-order valence-corrected chi connectivity index (χ0v) is 9.71. The average Bonchev–Trinajstić information content (AvgIpc) is 1.86. The summed E-state index contributed by atoms with van der Waals surface area (Å²) in [4.78, 5) is -0.338. The van der Waals surface area contributed by atoms with Gasteiger partial charge in [-0.3, -0.25) is 0 Å². The minimum atomic E-state index is -4.38. The molecule has 0 saturated carbocycles. The van der Waals surface area contributed by atoms with Gasteiger partial charge in [0.05, 0.1) is 4.90 Å². The van der Waals surface area contributed by atoms with E-state index in [2.05, 4.69) is 0 Å². The molecular formula is C6H7NaO5S. The van der Waals surface area contributed by atoms with Gasteiger partial charge < -0.3 is 15.1 Å². The molecule has 0 atom stereocenters. The molecule has 0 radical (unpaired) electrons. The second-order valence-corrected chi connectivity index (χ2v) is 3.33. The normalized spacial score (nSPS) is 9.62. The molecule has 0 amide bonds. The first-order valence-corrected chi connectivity index (χ1v) is 4.16. The molecule has 0 aliphatic rings. The van der Waals surface area contributed by atoms with Crippen molar-refractivity contribution in [2.75, 3.05) is 0 Å². The monoisotopic (exact) mass is 214 g/mol. The standard InChI is InChI=1S/C6H6O4S.Na.H2O/c7-5-1-3-6(4-2-5)11(8,9)10;;/h1-4,7H,(H,8,9,10);;1H2/q;+1;/p-1. The number of hydrogen-bond acceptors (Lipinski definition) is 4. The number of phenolic OH excluding ortho intramolecular Hbond substituents is 1. The summed E-state index contributed by atoms with van der Waals surface area (Å²) >= 11 is 0. The SMILES string of the molecule is O.O=S(=O)([O-])c1ccc(O)cc1.[Na+]. The third kappa shape index (κ3) is 4.61. The van der Waals surface area contributed by atoms with Crippen molar-refractivity contribution in [3.8, 4) is 5.75 Å². The fourth-order valence-electron chi connectivity index (χ4n) is 0.613. The Hall–Kier alpha value is -0.110. The summed E-state index contributed by atoms with van der Waals surface area (Å²) in [7, 11) is -4.38. The van der Waals surface area contributed by atoms with Gasteiger partial charge >= 0.3 is 29.6 Å². The summed E-state index contributed by atoms with van der Waals surface area (Å²) in [5.74, 6) is -0.0719. The van der Waals surface area contributed by atoms with E-state index in [-0.39, 0.29) is 45.7 Å². The number of aromatic hydroxyl groups is 1. The van der Waals surface area contributed by atoms with Crippen LogP contribution in [0.4, 0.5) is 0 Å². The molecule has 0 aromatic heterocycles. The summed E-state index contributed by atoms with van der Waals surface area (Å²) in [5.41, 5.74) is 0. The zero-order valence-electron chi connectivity index (χ0n) is 6.89. The summed E-state index contributed by atoms with van der Waals surface area (Å²) in [5, 5.41) is 8.73. The summed E-state index contributed by atoms with van der Waals surface area (Å²) in [6, 6.07) is 4.39. The molecule has 0 heterocycles. The maximum absolute atomic E-state index is 10.3. The van der Waals surface area contributed by atoms with E-state index in [1.54, 1.807) is 0 Å². The van der Waals surface area contributed by atoms with Gasteiger partial charge in [0.15, 0.2) is 0 Å². The van der Waals surface area contributed by atoms with Crippen LogP contribution >= 0.6 is 0 Å². The third-order valence-corrected chi connectivity index (χ3v) is 1.97. The van der Waals surface area contributed by atoms with Gasteiger partial charge in [-0.05, 0) is 24.3 Å². The van der Waals surface area contributed by atoms with Crippen LogP contribution in [0.1, 0.15) is 0 Å². The maximum Gasteiger partial charge on any atom is 1.00 e. The molecule has 0 aliphatic heterocycles.